The van der Waals surface area contributed by atoms with Gasteiger partial charge in [-0.2, -0.15) is 5.10 Å². The van der Waals surface area contributed by atoms with Crippen molar-refractivity contribution in [1.29, 1.82) is 0 Å². The van der Waals surface area contributed by atoms with Gasteiger partial charge in [-0.05, 0) is 36.1 Å². The third-order valence-electron chi connectivity index (χ3n) is 4.79. The molecular formula is C20H17ClF2N4O3S. The van der Waals surface area contributed by atoms with Crippen molar-refractivity contribution in [2.45, 2.75) is 6.42 Å². The molecule has 11 heteroatoms. The monoisotopic (exact) mass is 466 g/mol. The molecule has 0 spiro atoms. The van der Waals surface area contributed by atoms with Gasteiger partial charge in [-0.1, -0.05) is 11.6 Å². The molecule has 0 aliphatic carbocycles. The van der Waals surface area contributed by atoms with Crippen LogP contribution >= 0.6 is 11.6 Å². The Labute approximate surface area is 181 Å². The molecule has 2 heterocycles. The Hall–Kier alpha value is -2.98. The van der Waals surface area contributed by atoms with E-state index in [-0.39, 0.29) is 22.7 Å². The van der Waals surface area contributed by atoms with E-state index in [4.69, 9.17) is 16.3 Å². The lowest BCUT2D eigenvalue weighted by Crippen LogP contribution is -2.17. The van der Waals surface area contributed by atoms with Gasteiger partial charge in [0, 0.05) is 28.1 Å². The van der Waals surface area contributed by atoms with E-state index >= 15 is 0 Å². The van der Waals surface area contributed by atoms with E-state index in [1.54, 1.807) is 24.5 Å². The summed E-state index contributed by atoms with van der Waals surface area (Å²) in [5, 5.41) is 8.88. The zero-order valence-electron chi connectivity index (χ0n) is 16.2. The molecule has 0 aliphatic rings. The number of pyridine rings is 1. The Balaban J connectivity index is 1.88. The molecule has 7 nitrogen and oxygen atoms in total. The standard InChI is InChI=1S/C20H17ClF2N4O3S/c1-30-17-8-12-11(9-24-20-14(12)10-25-26-20)7-13(17)18-15(23)3-4-16(19(18)21)27-31(28,29)6-2-5-22/h3-4,7-10,27H,2,5-6H2,1H3,(H,24,25,26). The van der Waals surface area contributed by atoms with Crippen molar-refractivity contribution in [3.8, 4) is 16.9 Å². The lowest BCUT2D eigenvalue weighted by Gasteiger charge is -2.16. The molecule has 0 atom stereocenters. The maximum absolute atomic E-state index is 14.9. The summed E-state index contributed by atoms with van der Waals surface area (Å²) in [7, 11) is -2.41. The number of aromatic nitrogens is 3. The number of hydrogen-bond acceptors (Lipinski definition) is 5. The number of aromatic amines is 1. The fourth-order valence-corrected chi connectivity index (χ4v) is 4.81. The number of hydrogen-bond donors (Lipinski definition) is 2. The molecule has 2 aromatic heterocycles. The summed E-state index contributed by atoms with van der Waals surface area (Å²) in [5.41, 5.74) is 0.879. The molecule has 4 aromatic rings. The Bertz CT molecular complexity index is 1390. The molecule has 162 valence electrons. The summed E-state index contributed by atoms with van der Waals surface area (Å²) in [6.45, 7) is -0.768. The van der Waals surface area contributed by atoms with E-state index in [1.165, 1.54) is 13.2 Å². The number of rotatable bonds is 7. The first-order chi connectivity index (χ1) is 14.8. The average Bonchev–Trinajstić information content (AvgIpc) is 3.23. The molecule has 0 unspecified atom stereocenters. The van der Waals surface area contributed by atoms with Crippen LogP contribution in [0.5, 0.6) is 5.75 Å². The molecule has 2 aromatic carbocycles. The number of methoxy groups -OCH3 is 1. The fraction of sp³-hybridized carbons (Fsp3) is 0.200. The number of sulfonamides is 1. The van der Waals surface area contributed by atoms with Crippen LogP contribution in [0.15, 0.2) is 36.7 Å². The zero-order chi connectivity index (χ0) is 22.2. The third-order valence-corrected chi connectivity index (χ3v) is 6.54. The van der Waals surface area contributed by atoms with Gasteiger partial charge in [-0.3, -0.25) is 14.2 Å². The van der Waals surface area contributed by atoms with Gasteiger partial charge in [-0.15, -0.1) is 0 Å². The lowest BCUT2D eigenvalue weighted by atomic mass is 9.99. The van der Waals surface area contributed by atoms with Gasteiger partial charge in [0.25, 0.3) is 0 Å². The topological polar surface area (TPSA) is 97.0 Å². The van der Waals surface area contributed by atoms with E-state index in [9.17, 15) is 17.2 Å². The normalized spacial score (nSPS) is 11.9. The number of halogens is 3. The number of benzene rings is 2. The minimum atomic E-state index is -3.85. The van der Waals surface area contributed by atoms with Crippen molar-refractivity contribution in [3.05, 3.63) is 47.5 Å². The van der Waals surface area contributed by atoms with Crippen LogP contribution in [0.3, 0.4) is 0 Å². The van der Waals surface area contributed by atoms with E-state index in [0.29, 0.717) is 22.3 Å². The smallest absolute Gasteiger partial charge is 0.232 e. The van der Waals surface area contributed by atoms with Gasteiger partial charge in [-0.25, -0.2) is 17.8 Å². The number of nitrogens with zero attached hydrogens (tertiary/aromatic N) is 2. The molecule has 0 radical (unpaired) electrons. The number of fused-ring (bicyclic) bond motifs is 3. The number of H-pyrrole nitrogens is 1. The van der Waals surface area contributed by atoms with Gasteiger partial charge >= 0.3 is 0 Å². The van der Waals surface area contributed by atoms with Crippen molar-refractivity contribution >= 4 is 49.1 Å². The van der Waals surface area contributed by atoms with E-state index in [1.807, 2.05) is 0 Å². The van der Waals surface area contributed by atoms with Crippen LogP contribution in [-0.2, 0) is 10.0 Å². The number of anilines is 1. The minimum Gasteiger partial charge on any atom is -0.496 e. The van der Waals surface area contributed by atoms with Gasteiger partial charge in [0.15, 0.2) is 5.65 Å². The largest absolute Gasteiger partial charge is 0.496 e. The van der Waals surface area contributed by atoms with Crippen LogP contribution in [0, 0.1) is 5.82 Å². The molecule has 31 heavy (non-hydrogen) atoms. The van der Waals surface area contributed by atoms with Crippen LogP contribution < -0.4 is 9.46 Å². The molecular weight excluding hydrogens is 450 g/mol. The molecule has 0 amide bonds. The zero-order valence-corrected chi connectivity index (χ0v) is 17.8. The first-order valence-electron chi connectivity index (χ1n) is 9.19. The molecule has 0 fully saturated rings. The summed E-state index contributed by atoms with van der Waals surface area (Å²) in [5.74, 6) is -0.746. The maximum atomic E-state index is 14.9. The van der Waals surface area contributed by atoms with Gasteiger partial charge < -0.3 is 4.74 Å². The maximum Gasteiger partial charge on any atom is 0.232 e. The van der Waals surface area contributed by atoms with E-state index < -0.39 is 28.3 Å². The Morgan fingerprint density at radius 3 is 2.77 bits per heavy atom. The van der Waals surface area contributed by atoms with E-state index in [2.05, 4.69) is 19.9 Å². The van der Waals surface area contributed by atoms with Crippen LogP contribution in [0.1, 0.15) is 6.42 Å². The lowest BCUT2D eigenvalue weighted by molar-refractivity contribution is 0.417. The molecule has 0 saturated carbocycles. The van der Waals surface area contributed by atoms with E-state index in [0.717, 1.165) is 16.8 Å². The first kappa shape index (κ1) is 21.3. The Kier molecular flexibility index (Phi) is 5.67. The van der Waals surface area contributed by atoms with Crippen LogP contribution in [0.4, 0.5) is 14.5 Å². The van der Waals surface area contributed by atoms with Crippen molar-refractivity contribution in [3.63, 3.8) is 0 Å². The molecule has 0 bridgehead atoms. The highest BCUT2D eigenvalue weighted by Gasteiger charge is 2.21. The van der Waals surface area contributed by atoms with Crippen molar-refractivity contribution in [2.75, 3.05) is 24.3 Å². The van der Waals surface area contributed by atoms with Gasteiger partial charge in [0.05, 0.1) is 36.4 Å². The summed E-state index contributed by atoms with van der Waals surface area (Å²) < 4.78 is 59.4. The molecule has 0 aliphatic heterocycles. The average molecular weight is 467 g/mol. The van der Waals surface area contributed by atoms with Crippen molar-refractivity contribution < 1.29 is 21.9 Å². The summed E-state index contributed by atoms with van der Waals surface area (Å²) in [4.78, 5) is 4.29. The van der Waals surface area contributed by atoms with Crippen molar-refractivity contribution in [1.82, 2.24) is 15.2 Å². The van der Waals surface area contributed by atoms with Gasteiger partial charge in [0.1, 0.15) is 11.6 Å². The molecule has 4 rings (SSSR count). The van der Waals surface area contributed by atoms with Crippen LogP contribution in [-0.4, -0.2) is 43.1 Å². The number of ether oxygens (including phenoxy) is 1. The summed E-state index contributed by atoms with van der Waals surface area (Å²) in [6, 6.07) is 5.71. The van der Waals surface area contributed by atoms with Crippen LogP contribution in [0.25, 0.3) is 32.9 Å². The summed E-state index contributed by atoms with van der Waals surface area (Å²) >= 11 is 6.42. The predicted octanol–water partition coefficient (Wildman–Crippen LogP) is 4.68. The Morgan fingerprint density at radius 2 is 2.03 bits per heavy atom. The highest BCUT2D eigenvalue weighted by molar-refractivity contribution is 7.92. The highest BCUT2D eigenvalue weighted by atomic mass is 35.5. The Morgan fingerprint density at radius 1 is 1.23 bits per heavy atom. The third kappa shape index (κ3) is 4.00. The molecule has 2 N–H and O–H groups in total. The first-order valence-corrected chi connectivity index (χ1v) is 11.2. The quantitative estimate of drug-likeness (QED) is 0.412. The minimum absolute atomic E-state index is 0.0116. The van der Waals surface area contributed by atoms with Crippen LogP contribution in [0.2, 0.25) is 5.02 Å². The SMILES string of the molecule is COc1cc2c(cnc3[nH]ncc32)cc1-c1c(F)ccc(NS(=O)(=O)CCCF)c1Cl. The summed E-state index contributed by atoms with van der Waals surface area (Å²) in [6.07, 6.45) is 3.08. The second-order valence-corrected chi connectivity index (χ2v) is 9.00. The van der Waals surface area contributed by atoms with Gasteiger partial charge in [0.2, 0.25) is 10.0 Å². The highest BCUT2D eigenvalue weighted by Crippen LogP contribution is 2.43. The van der Waals surface area contributed by atoms with Crippen molar-refractivity contribution in [2.24, 2.45) is 0 Å². The number of nitrogens with one attached hydrogen (secondary N) is 2. The second-order valence-electron chi connectivity index (χ2n) is 6.78. The fourth-order valence-electron chi connectivity index (χ4n) is 3.35. The number of alkyl halides is 1. The predicted molar refractivity (Wildman–Crippen MR) is 116 cm³/mol. The second kappa shape index (κ2) is 8.27. The molecule has 0 saturated heterocycles.